The van der Waals surface area contributed by atoms with Crippen LogP contribution in [-0.4, -0.2) is 20.4 Å². The van der Waals surface area contributed by atoms with E-state index in [4.69, 9.17) is 0 Å². The van der Waals surface area contributed by atoms with Crippen LogP contribution < -0.4 is 0 Å². The summed E-state index contributed by atoms with van der Waals surface area (Å²) in [5, 5.41) is 43.9. The van der Waals surface area contributed by atoms with Crippen molar-refractivity contribution in [2.75, 3.05) is 0 Å². The molecule has 0 fully saturated rings. The van der Waals surface area contributed by atoms with Crippen molar-refractivity contribution in [3.63, 3.8) is 0 Å². The maximum atomic E-state index is 11.7. The van der Waals surface area contributed by atoms with E-state index in [1.165, 1.54) is 0 Å². The highest BCUT2D eigenvalue weighted by molar-refractivity contribution is 5.57. The zero-order valence-corrected chi connectivity index (χ0v) is 30.6. The Morgan fingerprint density at radius 2 is 0.723 bits per heavy atom. The van der Waals surface area contributed by atoms with Crippen molar-refractivity contribution in [3.8, 4) is 23.0 Å². The van der Waals surface area contributed by atoms with E-state index in [0.717, 1.165) is 44.5 Å². The van der Waals surface area contributed by atoms with Gasteiger partial charge in [-0.15, -0.1) is 0 Å². The first-order valence-corrected chi connectivity index (χ1v) is 16.8. The molecule has 4 nitrogen and oxygen atoms in total. The summed E-state index contributed by atoms with van der Waals surface area (Å²) in [6.45, 7) is 25.6. The average molecular weight is 637 g/mol. The largest absolute Gasteiger partial charge is 0.508 e. The lowest BCUT2D eigenvalue weighted by Gasteiger charge is -2.35. The molecule has 0 aromatic heterocycles. The lowest BCUT2D eigenvalue weighted by molar-refractivity contribution is 0.421. The number of hydrogen-bond donors (Lipinski definition) is 4. The summed E-state index contributed by atoms with van der Waals surface area (Å²) in [6.07, 6.45) is 0.656. The SMILES string of the molecule is CC(C)(C)c1cc(C(c2cc(C(C)(C)C)c(O)c(C(C)(C)C)c2)C(Cc2ccc(O)cc2)c2ccc(O)cc2)cc(C(C)(C)C)c1O. The fourth-order valence-electron chi connectivity index (χ4n) is 6.65. The fraction of sp³-hybridized carbons (Fsp3) is 0.442. The number of hydrogen-bond acceptors (Lipinski definition) is 4. The molecule has 4 aromatic rings. The summed E-state index contributed by atoms with van der Waals surface area (Å²) in [5.74, 6) is 0.803. The molecule has 4 rings (SSSR count). The van der Waals surface area contributed by atoms with Crippen LogP contribution in [0.25, 0.3) is 0 Å². The molecule has 0 radical (unpaired) electrons. The molecule has 252 valence electrons. The van der Waals surface area contributed by atoms with Gasteiger partial charge in [-0.25, -0.2) is 0 Å². The standard InChI is InChI=1S/C43H56O4/c1-40(2,3)33-22-28(23-34(38(33)46)41(4,5)6)37(29-24-35(42(7,8)9)39(47)36(25-29)43(10,11)12)32(27-15-19-31(45)20-16-27)21-26-13-17-30(44)18-14-26/h13-20,22-25,32,37,44-47H,21H2,1-12H3. The first-order chi connectivity index (χ1) is 21.5. The van der Waals surface area contributed by atoms with Crippen LogP contribution in [0.15, 0.2) is 72.8 Å². The maximum absolute atomic E-state index is 11.7. The Kier molecular flexibility index (Phi) is 9.63. The van der Waals surface area contributed by atoms with E-state index in [2.05, 4.69) is 107 Å². The number of aromatic hydroxyl groups is 4. The number of phenols is 4. The summed E-state index contributed by atoms with van der Waals surface area (Å²) in [6, 6.07) is 23.6. The second-order valence-electron chi connectivity index (χ2n) is 17.5. The van der Waals surface area contributed by atoms with Crippen molar-refractivity contribution in [2.24, 2.45) is 0 Å². The van der Waals surface area contributed by atoms with Gasteiger partial charge in [-0.1, -0.05) is 132 Å². The molecule has 4 N–H and O–H groups in total. The molecule has 0 heterocycles. The third kappa shape index (κ3) is 7.97. The average Bonchev–Trinajstić information content (AvgIpc) is 2.93. The van der Waals surface area contributed by atoms with E-state index < -0.39 is 0 Å². The van der Waals surface area contributed by atoms with Crippen LogP contribution >= 0.6 is 0 Å². The van der Waals surface area contributed by atoms with E-state index in [9.17, 15) is 20.4 Å². The molecule has 0 amide bonds. The quantitative estimate of drug-likeness (QED) is 0.170. The van der Waals surface area contributed by atoms with Crippen LogP contribution in [0.3, 0.4) is 0 Å². The van der Waals surface area contributed by atoms with E-state index in [1.54, 1.807) is 24.3 Å². The lowest BCUT2D eigenvalue weighted by atomic mass is 9.69. The molecular formula is C43H56O4. The molecule has 0 aliphatic rings. The molecule has 0 aliphatic carbocycles. The van der Waals surface area contributed by atoms with Crippen LogP contribution in [0, 0.1) is 0 Å². The minimum Gasteiger partial charge on any atom is -0.508 e. The van der Waals surface area contributed by atoms with E-state index >= 15 is 0 Å². The molecule has 0 spiro atoms. The lowest BCUT2D eigenvalue weighted by Crippen LogP contribution is -2.23. The summed E-state index contributed by atoms with van der Waals surface area (Å²) in [4.78, 5) is 0. The van der Waals surface area contributed by atoms with Crippen LogP contribution in [0.1, 0.15) is 139 Å². The van der Waals surface area contributed by atoms with Crippen molar-refractivity contribution in [2.45, 2.75) is 123 Å². The highest BCUT2D eigenvalue weighted by Crippen LogP contribution is 2.49. The van der Waals surface area contributed by atoms with Crippen molar-refractivity contribution in [1.82, 2.24) is 0 Å². The topological polar surface area (TPSA) is 80.9 Å². The fourth-order valence-corrected chi connectivity index (χ4v) is 6.65. The van der Waals surface area contributed by atoms with Gasteiger partial charge in [-0.05, 0) is 103 Å². The molecule has 4 aromatic carbocycles. The maximum Gasteiger partial charge on any atom is 0.123 e. The zero-order chi connectivity index (χ0) is 35.3. The van der Waals surface area contributed by atoms with Crippen molar-refractivity contribution in [1.29, 1.82) is 0 Å². The summed E-state index contributed by atoms with van der Waals surface area (Å²) >= 11 is 0. The van der Waals surface area contributed by atoms with Gasteiger partial charge in [0.1, 0.15) is 23.0 Å². The van der Waals surface area contributed by atoms with Crippen LogP contribution in [0.2, 0.25) is 0 Å². The van der Waals surface area contributed by atoms with Gasteiger partial charge in [0, 0.05) is 5.92 Å². The Labute approximate surface area is 283 Å². The number of rotatable bonds is 6. The minimum atomic E-state index is -0.322. The Bertz CT molecular complexity index is 1550. The normalized spacial score (nSPS) is 13.6. The first kappa shape index (κ1) is 35.9. The summed E-state index contributed by atoms with van der Waals surface area (Å²) < 4.78 is 0. The van der Waals surface area contributed by atoms with Gasteiger partial charge in [-0.3, -0.25) is 0 Å². The predicted octanol–water partition coefficient (Wildman–Crippen LogP) is 10.9. The Morgan fingerprint density at radius 3 is 1.02 bits per heavy atom. The molecular weight excluding hydrogens is 580 g/mol. The second kappa shape index (κ2) is 12.6. The van der Waals surface area contributed by atoms with E-state index in [0.29, 0.717) is 17.9 Å². The van der Waals surface area contributed by atoms with Crippen LogP contribution in [0.5, 0.6) is 23.0 Å². The zero-order valence-electron chi connectivity index (χ0n) is 30.6. The van der Waals surface area contributed by atoms with Crippen molar-refractivity contribution < 1.29 is 20.4 Å². The van der Waals surface area contributed by atoms with Crippen molar-refractivity contribution >= 4 is 0 Å². The Balaban J connectivity index is 2.20. The summed E-state index contributed by atoms with van der Waals surface area (Å²) in [7, 11) is 0. The number of benzene rings is 4. The van der Waals surface area contributed by atoms with Gasteiger partial charge < -0.3 is 20.4 Å². The third-order valence-corrected chi connectivity index (χ3v) is 9.33. The van der Waals surface area contributed by atoms with Gasteiger partial charge >= 0.3 is 0 Å². The highest BCUT2D eigenvalue weighted by atomic mass is 16.3. The third-order valence-electron chi connectivity index (χ3n) is 9.33. The molecule has 47 heavy (non-hydrogen) atoms. The number of phenolic OH excluding ortho intramolecular Hbond substituents is 4. The van der Waals surface area contributed by atoms with E-state index in [-0.39, 0.29) is 45.0 Å². The summed E-state index contributed by atoms with van der Waals surface area (Å²) in [5.41, 5.74) is 6.59. The van der Waals surface area contributed by atoms with Crippen LogP contribution in [-0.2, 0) is 28.1 Å². The van der Waals surface area contributed by atoms with Crippen LogP contribution in [0.4, 0.5) is 0 Å². The first-order valence-electron chi connectivity index (χ1n) is 16.8. The molecule has 0 saturated carbocycles. The molecule has 0 bridgehead atoms. The molecule has 0 saturated heterocycles. The smallest absolute Gasteiger partial charge is 0.123 e. The Morgan fingerprint density at radius 1 is 0.426 bits per heavy atom. The minimum absolute atomic E-state index is 0.101. The highest BCUT2D eigenvalue weighted by Gasteiger charge is 2.35. The van der Waals surface area contributed by atoms with Gasteiger partial charge in [0.25, 0.3) is 0 Å². The van der Waals surface area contributed by atoms with Crippen molar-refractivity contribution in [3.05, 3.63) is 117 Å². The van der Waals surface area contributed by atoms with Gasteiger partial charge in [0.15, 0.2) is 0 Å². The predicted molar refractivity (Wildman–Crippen MR) is 196 cm³/mol. The second-order valence-corrected chi connectivity index (χ2v) is 17.5. The molecule has 1 atom stereocenters. The van der Waals surface area contributed by atoms with Gasteiger partial charge in [0.2, 0.25) is 0 Å². The monoisotopic (exact) mass is 636 g/mol. The van der Waals surface area contributed by atoms with Gasteiger partial charge in [-0.2, -0.15) is 0 Å². The van der Waals surface area contributed by atoms with Gasteiger partial charge in [0.05, 0.1) is 0 Å². The molecule has 4 heteroatoms. The molecule has 1 unspecified atom stereocenters. The molecule has 0 aliphatic heterocycles. The Hall–Kier alpha value is -3.92. The van der Waals surface area contributed by atoms with E-state index in [1.807, 2.05) is 24.3 Å².